The van der Waals surface area contributed by atoms with E-state index in [1.54, 1.807) is 12.1 Å². The molecule has 0 aliphatic heterocycles. The molecule has 26 heavy (non-hydrogen) atoms. The monoisotopic (exact) mass is 370 g/mol. The van der Waals surface area contributed by atoms with Crippen LogP contribution in [0, 0.1) is 0 Å². The average molecular weight is 370 g/mol. The molecule has 8 heteroatoms. The van der Waals surface area contributed by atoms with Crippen LogP contribution in [-0.2, 0) is 16.6 Å². The van der Waals surface area contributed by atoms with E-state index in [9.17, 15) is 13.2 Å². The first-order valence-corrected chi connectivity index (χ1v) is 9.36. The van der Waals surface area contributed by atoms with Crippen molar-refractivity contribution in [2.75, 3.05) is 5.32 Å². The molecule has 0 saturated carbocycles. The highest BCUT2D eigenvalue weighted by atomic mass is 32.2. The second kappa shape index (κ2) is 7.42. The van der Waals surface area contributed by atoms with Crippen molar-refractivity contribution in [3.8, 4) is 5.69 Å². The van der Waals surface area contributed by atoms with Gasteiger partial charge < -0.3 is 15.2 Å². The topological polar surface area (TPSA) is 106 Å². The molecule has 0 fully saturated rings. The lowest BCUT2D eigenvalue weighted by Gasteiger charge is -2.09. The zero-order chi connectivity index (χ0) is 18.6. The first-order chi connectivity index (χ1) is 12.4. The molecule has 2 aromatic carbocycles. The van der Waals surface area contributed by atoms with Gasteiger partial charge in [-0.15, -0.1) is 0 Å². The number of urea groups is 1. The summed E-state index contributed by atoms with van der Waals surface area (Å²) in [6.07, 6.45) is 3.88. The molecule has 3 aromatic rings. The summed E-state index contributed by atoms with van der Waals surface area (Å²) in [5.41, 5.74) is 2.43. The quantitative estimate of drug-likeness (QED) is 0.642. The van der Waals surface area contributed by atoms with E-state index in [4.69, 9.17) is 5.14 Å². The SMILES string of the molecule is NS(=O)(=O)c1ccc(CNC(=O)Nc2ccc(-n3cccc3)cc2)cc1. The van der Waals surface area contributed by atoms with Gasteiger partial charge in [0.25, 0.3) is 0 Å². The maximum atomic E-state index is 12.0. The van der Waals surface area contributed by atoms with Crippen molar-refractivity contribution < 1.29 is 13.2 Å². The van der Waals surface area contributed by atoms with Gasteiger partial charge in [0, 0.05) is 30.3 Å². The van der Waals surface area contributed by atoms with Crippen LogP contribution in [0.25, 0.3) is 5.69 Å². The van der Waals surface area contributed by atoms with Gasteiger partial charge >= 0.3 is 6.03 Å². The Kier molecular flexibility index (Phi) is 5.06. The minimum absolute atomic E-state index is 0.0356. The van der Waals surface area contributed by atoms with Gasteiger partial charge in [0.05, 0.1) is 4.90 Å². The predicted molar refractivity (Wildman–Crippen MR) is 99.4 cm³/mol. The third-order valence-electron chi connectivity index (χ3n) is 3.73. The Morgan fingerprint density at radius 3 is 2.15 bits per heavy atom. The van der Waals surface area contributed by atoms with Crippen LogP contribution in [0.2, 0.25) is 0 Å². The van der Waals surface area contributed by atoms with E-state index < -0.39 is 10.0 Å². The molecule has 0 aliphatic rings. The van der Waals surface area contributed by atoms with E-state index in [1.807, 2.05) is 53.4 Å². The minimum atomic E-state index is -3.71. The Morgan fingerprint density at radius 1 is 0.962 bits per heavy atom. The Bertz CT molecular complexity index is 980. The van der Waals surface area contributed by atoms with Crippen LogP contribution in [0.3, 0.4) is 0 Å². The van der Waals surface area contributed by atoms with E-state index in [1.165, 1.54) is 12.1 Å². The zero-order valence-corrected chi connectivity index (χ0v) is 14.6. The van der Waals surface area contributed by atoms with Gasteiger partial charge in [-0.25, -0.2) is 18.4 Å². The number of nitrogens with zero attached hydrogens (tertiary/aromatic N) is 1. The van der Waals surface area contributed by atoms with Crippen LogP contribution in [0.1, 0.15) is 5.56 Å². The number of nitrogens with one attached hydrogen (secondary N) is 2. The van der Waals surface area contributed by atoms with Gasteiger partial charge in [0.1, 0.15) is 0 Å². The summed E-state index contributed by atoms with van der Waals surface area (Å²) in [5.74, 6) is 0. The van der Waals surface area contributed by atoms with Gasteiger partial charge in [-0.05, 0) is 54.1 Å². The third-order valence-corrected chi connectivity index (χ3v) is 4.66. The van der Waals surface area contributed by atoms with E-state index in [0.29, 0.717) is 5.69 Å². The number of hydrogen-bond donors (Lipinski definition) is 3. The van der Waals surface area contributed by atoms with E-state index >= 15 is 0 Å². The lowest BCUT2D eigenvalue weighted by molar-refractivity contribution is 0.251. The fourth-order valence-electron chi connectivity index (χ4n) is 2.38. The molecule has 3 rings (SSSR count). The first-order valence-electron chi connectivity index (χ1n) is 7.82. The largest absolute Gasteiger partial charge is 0.334 e. The van der Waals surface area contributed by atoms with Gasteiger partial charge in [0.15, 0.2) is 0 Å². The fourth-order valence-corrected chi connectivity index (χ4v) is 2.89. The molecule has 2 amide bonds. The van der Waals surface area contributed by atoms with Crippen molar-refractivity contribution in [2.45, 2.75) is 11.4 Å². The van der Waals surface area contributed by atoms with Crippen molar-refractivity contribution in [1.29, 1.82) is 0 Å². The number of amides is 2. The number of carbonyl (C=O) groups is 1. The smallest absolute Gasteiger partial charge is 0.319 e. The third kappa shape index (κ3) is 4.50. The molecule has 1 heterocycles. The number of hydrogen-bond acceptors (Lipinski definition) is 3. The lowest BCUT2D eigenvalue weighted by atomic mass is 10.2. The highest BCUT2D eigenvalue weighted by molar-refractivity contribution is 7.89. The second-order valence-electron chi connectivity index (χ2n) is 5.63. The molecule has 1 aromatic heterocycles. The van der Waals surface area contributed by atoms with Crippen LogP contribution < -0.4 is 15.8 Å². The predicted octanol–water partition coefficient (Wildman–Crippen LogP) is 2.45. The number of primary sulfonamides is 1. The van der Waals surface area contributed by atoms with Gasteiger partial charge in [0.2, 0.25) is 10.0 Å². The van der Waals surface area contributed by atoms with Crippen LogP contribution in [0.4, 0.5) is 10.5 Å². The standard InChI is InChI=1S/C18H18N4O3S/c19-26(24,25)17-9-3-14(4-10-17)13-20-18(23)21-15-5-7-16(8-6-15)22-11-1-2-12-22/h1-12H,13H2,(H2,19,24,25)(H2,20,21,23). The van der Waals surface area contributed by atoms with Crippen molar-refractivity contribution in [1.82, 2.24) is 9.88 Å². The molecule has 7 nitrogen and oxygen atoms in total. The highest BCUT2D eigenvalue weighted by Gasteiger charge is 2.07. The number of nitrogens with two attached hydrogens (primary N) is 1. The van der Waals surface area contributed by atoms with E-state index in [0.717, 1.165) is 11.3 Å². The molecular weight excluding hydrogens is 352 g/mol. The number of anilines is 1. The summed E-state index contributed by atoms with van der Waals surface area (Å²) < 4.78 is 24.4. The normalized spacial score (nSPS) is 11.1. The molecule has 0 saturated heterocycles. The number of benzene rings is 2. The molecule has 0 bridgehead atoms. The Morgan fingerprint density at radius 2 is 1.58 bits per heavy atom. The number of rotatable bonds is 5. The Labute approximate surface area is 151 Å². The second-order valence-corrected chi connectivity index (χ2v) is 7.20. The van der Waals surface area contributed by atoms with Crippen molar-refractivity contribution in [3.63, 3.8) is 0 Å². The summed E-state index contributed by atoms with van der Waals surface area (Å²) in [4.78, 5) is 12.0. The van der Waals surface area contributed by atoms with Crippen molar-refractivity contribution >= 4 is 21.7 Å². The van der Waals surface area contributed by atoms with Crippen LogP contribution in [0.15, 0.2) is 78.0 Å². The summed E-state index contributed by atoms with van der Waals surface area (Å²) >= 11 is 0. The first kappa shape index (κ1) is 17.7. The number of aromatic nitrogens is 1. The number of carbonyl (C=O) groups excluding carboxylic acids is 1. The average Bonchev–Trinajstić information content (AvgIpc) is 3.15. The van der Waals surface area contributed by atoms with E-state index in [-0.39, 0.29) is 17.5 Å². The molecular formula is C18H18N4O3S. The van der Waals surface area contributed by atoms with Crippen molar-refractivity contribution in [2.24, 2.45) is 5.14 Å². The summed E-state index contributed by atoms with van der Waals surface area (Å²) in [7, 11) is -3.71. The molecule has 0 aliphatic carbocycles. The van der Waals surface area contributed by atoms with Crippen LogP contribution in [0.5, 0.6) is 0 Å². The molecule has 0 unspecified atom stereocenters. The van der Waals surface area contributed by atoms with Gasteiger partial charge in [-0.1, -0.05) is 12.1 Å². The minimum Gasteiger partial charge on any atom is -0.334 e. The van der Waals surface area contributed by atoms with E-state index in [2.05, 4.69) is 10.6 Å². The Hall–Kier alpha value is -3.10. The number of sulfonamides is 1. The van der Waals surface area contributed by atoms with Gasteiger partial charge in [-0.2, -0.15) is 0 Å². The maximum Gasteiger partial charge on any atom is 0.319 e. The highest BCUT2D eigenvalue weighted by Crippen LogP contribution is 2.13. The van der Waals surface area contributed by atoms with Crippen LogP contribution >= 0.6 is 0 Å². The van der Waals surface area contributed by atoms with Gasteiger partial charge in [-0.3, -0.25) is 0 Å². The summed E-state index contributed by atoms with van der Waals surface area (Å²) in [6, 6.07) is 17.0. The van der Waals surface area contributed by atoms with Crippen molar-refractivity contribution in [3.05, 3.63) is 78.6 Å². The van der Waals surface area contributed by atoms with Crippen LogP contribution in [-0.4, -0.2) is 19.0 Å². The lowest BCUT2D eigenvalue weighted by Crippen LogP contribution is -2.28. The summed E-state index contributed by atoms with van der Waals surface area (Å²) in [6.45, 7) is 0.262. The molecule has 0 atom stereocenters. The molecule has 0 radical (unpaired) electrons. The molecule has 0 spiro atoms. The Balaban J connectivity index is 1.54. The summed E-state index contributed by atoms with van der Waals surface area (Å²) in [5, 5.41) is 10.5. The molecule has 134 valence electrons. The maximum absolute atomic E-state index is 12.0. The molecule has 4 N–H and O–H groups in total. The zero-order valence-electron chi connectivity index (χ0n) is 13.8. The fraction of sp³-hybridized carbons (Fsp3) is 0.0556.